The topological polar surface area (TPSA) is 40.9 Å². The van der Waals surface area contributed by atoms with Gasteiger partial charge in [0.05, 0.1) is 6.07 Å². The molecular weight excluding hydrogens is 371 g/mol. The van der Waals surface area contributed by atoms with E-state index in [-0.39, 0.29) is 47.3 Å². The van der Waals surface area contributed by atoms with Gasteiger partial charge in [0.15, 0.2) is 5.78 Å². The summed E-state index contributed by atoms with van der Waals surface area (Å²) in [6.07, 6.45) is 2.51. The summed E-state index contributed by atoms with van der Waals surface area (Å²) in [6, 6.07) is 9.18. The van der Waals surface area contributed by atoms with E-state index in [0.29, 0.717) is 17.9 Å². The monoisotopic (exact) mass is 397 g/mol. The summed E-state index contributed by atoms with van der Waals surface area (Å²) in [5, 5.41) is 9.30. The van der Waals surface area contributed by atoms with Gasteiger partial charge in [-0.1, -0.05) is 51.5 Å². The molecular formula is C21H26F3NOS. The van der Waals surface area contributed by atoms with Crippen molar-refractivity contribution in [1.82, 2.24) is 0 Å². The predicted octanol–water partition coefficient (Wildman–Crippen LogP) is 7.07. The van der Waals surface area contributed by atoms with Crippen molar-refractivity contribution in [2.24, 2.45) is 5.92 Å². The number of nitrogens with zero attached hydrogens (tertiary/aromatic N) is 1. The van der Waals surface area contributed by atoms with Crippen LogP contribution in [0.5, 0.6) is 0 Å². The summed E-state index contributed by atoms with van der Waals surface area (Å²) < 4.78 is 38.3. The zero-order valence-electron chi connectivity index (χ0n) is 16.0. The molecule has 0 fully saturated rings. The van der Waals surface area contributed by atoms with Gasteiger partial charge in [-0.15, -0.1) is 0 Å². The highest BCUT2D eigenvalue weighted by atomic mass is 32.2. The number of nitriles is 1. The van der Waals surface area contributed by atoms with Crippen molar-refractivity contribution in [1.29, 1.82) is 5.26 Å². The third-order valence-electron chi connectivity index (χ3n) is 3.99. The van der Waals surface area contributed by atoms with Gasteiger partial charge in [0.2, 0.25) is 0 Å². The van der Waals surface area contributed by atoms with Crippen LogP contribution in [0.25, 0.3) is 0 Å². The Kier molecular flexibility index (Phi) is 9.65. The first-order valence-electron chi connectivity index (χ1n) is 9.16. The molecule has 0 aromatic heterocycles. The molecule has 6 heteroatoms. The lowest BCUT2D eigenvalue weighted by atomic mass is 9.98. The van der Waals surface area contributed by atoms with Crippen molar-refractivity contribution >= 4 is 17.5 Å². The summed E-state index contributed by atoms with van der Waals surface area (Å²) in [7, 11) is 0. The maximum atomic E-state index is 12.8. The minimum Gasteiger partial charge on any atom is -0.294 e. The highest BCUT2D eigenvalue weighted by molar-refractivity contribution is 8.03. The van der Waals surface area contributed by atoms with Crippen LogP contribution in [0, 0.1) is 17.2 Å². The van der Waals surface area contributed by atoms with Gasteiger partial charge in [-0.2, -0.15) is 18.4 Å². The minimum absolute atomic E-state index is 0.0282. The number of hydrogen-bond acceptors (Lipinski definition) is 3. The van der Waals surface area contributed by atoms with E-state index < -0.39 is 5.51 Å². The number of Topliss-reactive ketones (excluding diaryl/α,β-unsaturated/α-hetero) is 1. The molecule has 0 aliphatic rings. The highest BCUT2D eigenvalue weighted by Gasteiger charge is 2.31. The fourth-order valence-corrected chi connectivity index (χ4v) is 3.48. The zero-order valence-corrected chi connectivity index (χ0v) is 16.8. The van der Waals surface area contributed by atoms with Crippen LogP contribution in [0.1, 0.15) is 68.8 Å². The standard InChI is InChI=1S/C21H26F3NOS/c1-4-5-6-20(27-21(22,23)24)18(14-25)11-12-19(26)17-9-7-16(8-10-17)13-15(2)3/h7-10,15H,4-6,11-13H2,1-3H3/b20-18+. The van der Waals surface area contributed by atoms with Gasteiger partial charge in [-0.05, 0) is 48.9 Å². The van der Waals surface area contributed by atoms with Gasteiger partial charge in [-0.25, -0.2) is 0 Å². The van der Waals surface area contributed by atoms with Crippen molar-refractivity contribution in [3.63, 3.8) is 0 Å². The minimum atomic E-state index is -4.43. The molecule has 0 bridgehead atoms. The van der Waals surface area contributed by atoms with Crippen LogP contribution in [0.3, 0.4) is 0 Å². The van der Waals surface area contributed by atoms with E-state index in [1.54, 1.807) is 12.1 Å². The van der Waals surface area contributed by atoms with E-state index in [1.807, 2.05) is 25.1 Å². The zero-order chi connectivity index (χ0) is 20.4. The molecule has 0 amide bonds. The first-order valence-corrected chi connectivity index (χ1v) is 9.98. The predicted molar refractivity (Wildman–Crippen MR) is 104 cm³/mol. The first-order chi connectivity index (χ1) is 12.7. The molecule has 0 unspecified atom stereocenters. The number of unbranched alkanes of at least 4 members (excludes halogenated alkanes) is 1. The van der Waals surface area contributed by atoms with Gasteiger partial charge >= 0.3 is 5.51 Å². The summed E-state index contributed by atoms with van der Waals surface area (Å²) in [6.45, 7) is 6.11. The second kappa shape index (κ2) is 11.2. The van der Waals surface area contributed by atoms with Crippen molar-refractivity contribution in [3.05, 3.63) is 45.9 Å². The van der Waals surface area contributed by atoms with Crippen LogP contribution < -0.4 is 0 Å². The Morgan fingerprint density at radius 3 is 2.26 bits per heavy atom. The van der Waals surface area contributed by atoms with Gasteiger partial charge in [-0.3, -0.25) is 4.79 Å². The quantitative estimate of drug-likeness (QED) is 0.313. The van der Waals surface area contributed by atoms with E-state index in [0.717, 1.165) is 18.4 Å². The van der Waals surface area contributed by atoms with Gasteiger partial charge < -0.3 is 0 Å². The summed E-state index contributed by atoms with van der Waals surface area (Å²) in [5.41, 5.74) is -2.70. The molecule has 0 atom stereocenters. The average Bonchev–Trinajstić information content (AvgIpc) is 2.58. The highest BCUT2D eigenvalue weighted by Crippen LogP contribution is 2.40. The molecule has 148 valence electrons. The Bertz CT molecular complexity index is 685. The average molecular weight is 398 g/mol. The fraction of sp³-hybridized carbons (Fsp3) is 0.524. The first kappa shape index (κ1) is 23.3. The maximum absolute atomic E-state index is 12.8. The molecule has 0 aliphatic carbocycles. The molecule has 1 rings (SSSR count). The number of benzene rings is 1. The molecule has 0 saturated heterocycles. The SMILES string of the molecule is CCCC/C(SC(F)(F)F)=C(\C#N)CCC(=O)c1ccc(CC(C)C)cc1. The number of carbonyl (C=O) groups is 1. The van der Waals surface area contributed by atoms with Gasteiger partial charge in [0, 0.05) is 22.5 Å². The molecule has 0 aliphatic heterocycles. The Morgan fingerprint density at radius 1 is 1.15 bits per heavy atom. The van der Waals surface area contributed by atoms with Crippen LogP contribution in [0.15, 0.2) is 34.7 Å². The Hall–Kier alpha value is -1.74. The van der Waals surface area contributed by atoms with Crippen LogP contribution in [-0.4, -0.2) is 11.3 Å². The molecule has 0 spiro atoms. The van der Waals surface area contributed by atoms with Crippen LogP contribution in [-0.2, 0) is 6.42 Å². The lowest BCUT2D eigenvalue weighted by molar-refractivity contribution is -0.0322. The number of carbonyl (C=O) groups excluding carboxylic acids is 1. The van der Waals surface area contributed by atoms with Crippen molar-refractivity contribution in [2.75, 3.05) is 0 Å². The number of allylic oxidation sites excluding steroid dienone is 2. The van der Waals surface area contributed by atoms with Crippen LogP contribution >= 0.6 is 11.8 Å². The number of ketones is 1. The number of rotatable bonds is 10. The second-order valence-electron chi connectivity index (χ2n) is 6.88. The smallest absolute Gasteiger partial charge is 0.294 e. The van der Waals surface area contributed by atoms with Crippen molar-refractivity contribution in [3.8, 4) is 6.07 Å². The van der Waals surface area contributed by atoms with Gasteiger partial charge in [0.1, 0.15) is 0 Å². The van der Waals surface area contributed by atoms with Gasteiger partial charge in [0.25, 0.3) is 0 Å². The molecule has 0 radical (unpaired) electrons. The number of halogens is 3. The van der Waals surface area contributed by atoms with Crippen molar-refractivity contribution < 1.29 is 18.0 Å². The third-order valence-corrected chi connectivity index (χ3v) is 4.92. The Labute approximate surface area is 163 Å². The number of hydrogen-bond donors (Lipinski definition) is 0. The number of thioether (sulfide) groups is 1. The summed E-state index contributed by atoms with van der Waals surface area (Å²) >= 11 is -0.225. The van der Waals surface area contributed by atoms with E-state index >= 15 is 0 Å². The lowest BCUT2D eigenvalue weighted by Gasteiger charge is -2.12. The molecule has 2 nitrogen and oxygen atoms in total. The maximum Gasteiger partial charge on any atom is 0.446 e. The summed E-state index contributed by atoms with van der Waals surface area (Å²) in [5.74, 6) is 0.355. The van der Waals surface area contributed by atoms with E-state index in [9.17, 15) is 23.2 Å². The molecule has 0 N–H and O–H groups in total. The Balaban J connectivity index is 2.83. The largest absolute Gasteiger partial charge is 0.446 e. The lowest BCUT2D eigenvalue weighted by Crippen LogP contribution is -2.04. The molecule has 27 heavy (non-hydrogen) atoms. The fourth-order valence-electron chi connectivity index (χ4n) is 2.68. The van der Waals surface area contributed by atoms with Crippen LogP contribution in [0.4, 0.5) is 13.2 Å². The Morgan fingerprint density at radius 2 is 1.78 bits per heavy atom. The van der Waals surface area contributed by atoms with E-state index in [4.69, 9.17) is 0 Å². The molecule has 1 aromatic rings. The molecule has 0 saturated carbocycles. The molecule has 0 heterocycles. The van der Waals surface area contributed by atoms with E-state index in [2.05, 4.69) is 13.8 Å². The summed E-state index contributed by atoms with van der Waals surface area (Å²) in [4.78, 5) is 12.4. The van der Waals surface area contributed by atoms with Crippen molar-refractivity contribution in [2.45, 2.75) is 64.8 Å². The second-order valence-corrected chi connectivity index (χ2v) is 8.04. The number of alkyl halides is 3. The van der Waals surface area contributed by atoms with Crippen LogP contribution in [0.2, 0.25) is 0 Å². The van der Waals surface area contributed by atoms with E-state index in [1.165, 1.54) is 0 Å². The third kappa shape index (κ3) is 9.14. The molecule has 1 aromatic carbocycles. The normalized spacial score (nSPS) is 12.7.